The molecule has 0 N–H and O–H groups in total. The number of anilines is 1. The van der Waals surface area contributed by atoms with Crippen LogP contribution in [0.25, 0.3) is 22.0 Å². The molecule has 0 atom stereocenters. The van der Waals surface area contributed by atoms with Crippen LogP contribution in [0.3, 0.4) is 0 Å². The number of hydrogen-bond acceptors (Lipinski definition) is 6. The van der Waals surface area contributed by atoms with Crippen LogP contribution in [-0.2, 0) is 25.7 Å². The highest BCUT2D eigenvalue weighted by molar-refractivity contribution is 5.98. The van der Waals surface area contributed by atoms with Crippen LogP contribution in [0.2, 0.25) is 0 Å². The van der Waals surface area contributed by atoms with Crippen LogP contribution in [-0.4, -0.2) is 32.4 Å². The highest BCUT2D eigenvalue weighted by atomic mass is 19.4. The lowest BCUT2D eigenvalue weighted by Crippen LogP contribution is -2.23. The molecular weight excluding hydrogens is 665 g/mol. The summed E-state index contributed by atoms with van der Waals surface area (Å²) in [5, 5.41) is 0.435. The van der Waals surface area contributed by atoms with E-state index in [1.807, 2.05) is 105 Å². The van der Waals surface area contributed by atoms with E-state index in [4.69, 9.17) is 18.9 Å². The Balaban J connectivity index is 1.54. The van der Waals surface area contributed by atoms with E-state index in [9.17, 15) is 13.2 Å². The van der Waals surface area contributed by atoms with Gasteiger partial charge < -0.3 is 23.8 Å². The molecule has 5 aromatic carbocycles. The molecule has 0 amide bonds. The van der Waals surface area contributed by atoms with Crippen molar-refractivity contribution in [1.82, 2.24) is 4.98 Å². The minimum absolute atomic E-state index is 0.0838. The van der Waals surface area contributed by atoms with E-state index in [1.54, 1.807) is 26.5 Å². The summed E-state index contributed by atoms with van der Waals surface area (Å²) in [5.41, 5.74) is 5.12. The number of benzene rings is 5. The molecule has 0 aliphatic carbocycles. The van der Waals surface area contributed by atoms with Crippen LogP contribution in [0.1, 0.15) is 41.7 Å². The van der Waals surface area contributed by atoms with Gasteiger partial charge in [-0.3, -0.25) is 4.98 Å². The van der Waals surface area contributed by atoms with Crippen molar-refractivity contribution in [3.05, 3.63) is 143 Å². The van der Waals surface area contributed by atoms with Crippen molar-refractivity contribution in [2.24, 2.45) is 0 Å². The van der Waals surface area contributed by atoms with Crippen molar-refractivity contribution in [2.45, 2.75) is 39.5 Å². The summed E-state index contributed by atoms with van der Waals surface area (Å²) in [6, 6.07) is 33.6. The average Bonchev–Trinajstić information content (AvgIpc) is 3.15. The summed E-state index contributed by atoms with van der Waals surface area (Å²) in [4.78, 5) is 6.60. The molecule has 0 saturated carbocycles. The Kier molecular flexibility index (Phi) is 11.2. The minimum Gasteiger partial charge on any atom is -0.493 e. The van der Waals surface area contributed by atoms with Crippen LogP contribution in [0.5, 0.6) is 23.0 Å². The number of pyridine rings is 1. The molecule has 0 aliphatic rings. The Morgan fingerprint density at radius 1 is 0.654 bits per heavy atom. The molecule has 1 heterocycles. The molecule has 9 heteroatoms. The van der Waals surface area contributed by atoms with Gasteiger partial charge in [0.25, 0.3) is 0 Å². The number of halogens is 3. The standard InChI is InChI=1S/C43H41F3N2O4/c1-5-51-41-31(17-11-22-37(41)49-3)27-48(28-32-18-12-23-38(50-4)42(32)52-6-2)34-19-10-16-30(25-34)39-33(24-29-14-8-7-9-15-29)26-47-40-35(39)20-13-21-36(40)43(44,45)46/h7-23,25-26H,5-6,24,27-28H2,1-4H3. The Labute approximate surface area is 302 Å². The molecule has 268 valence electrons. The van der Waals surface area contributed by atoms with Gasteiger partial charge in [-0.25, -0.2) is 0 Å². The third-order valence-corrected chi connectivity index (χ3v) is 8.88. The zero-order chi connectivity index (χ0) is 36.7. The highest BCUT2D eigenvalue weighted by Crippen LogP contribution is 2.41. The Bertz CT molecular complexity index is 2080. The second kappa shape index (κ2) is 16.1. The number of methoxy groups -OCH3 is 2. The predicted molar refractivity (Wildman–Crippen MR) is 200 cm³/mol. The zero-order valence-electron chi connectivity index (χ0n) is 29.7. The maximum Gasteiger partial charge on any atom is 0.418 e. The van der Waals surface area contributed by atoms with E-state index in [0.29, 0.717) is 66.7 Å². The number of para-hydroxylation sites is 3. The molecule has 0 radical (unpaired) electrons. The summed E-state index contributed by atoms with van der Waals surface area (Å²) in [5.74, 6) is 2.54. The van der Waals surface area contributed by atoms with E-state index in [1.165, 1.54) is 6.07 Å². The molecule has 52 heavy (non-hydrogen) atoms. The molecule has 6 aromatic rings. The third kappa shape index (κ3) is 7.78. The normalized spacial score (nSPS) is 11.4. The van der Waals surface area contributed by atoms with Gasteiger partial charge in [0.2, 0.25) is 0 Å². The van der Waals surface area contributed by atoms with Gasteiger partial charge in [-0.1, -0.05) is 78.9 Å². The quantitative estimate of drug-likeness (QED) is 0.112. The van der Waals surface area contributed by atoms with Gasteiger partial charge in [0.15, 0.2) is 23.0 Å². The first kappa shape index (κ1) is 36.1. The number of aromatic nitrogens is 1. The lowest BCUT2D eigenvalue weighted by atomic mass is 9.91. The molecule has 0 saturated heterocycles. The summed E-state index contributed by atoms with van der Waals surface area (Å²) in [6.45, 7) is 5.60. The second-order valence-corrected chi connectivity index (χ2v) is 12.2. The van der Waals surface area contributed by atoms with Crippen molar-refractivity contribution < 1.29 is 32.1 Å². The zero-order valence-corrected chi connectivity index (χ0v) is 29.7. The molecule has 1 aromatic heterocycles. The van der Waals surface area contributed by atoms with Gasteiger partial charge in [-0.15, -0.1) is 0 Å². The van der Waals surface area contributed by atoms with E-state index in [0.717, 1.165) is 39.6 Å². The molecule has 6 rings (SSSR count). The van der Waals surface area contributed by atoms with Crippen molar-refractivity contribution in [2.75, 3.05) is 32.3 Å². The molecule has 0 fully saturated rings. The van der Waals surface area contributed by atoms with Gasteiger partial charge in [0.05, 0.1) is 38.5 Å². The summed E-state index contributed by atoms with van der Waals surface area (Å²) in [6.07, 6.45) is -2.49. The van der Waals surface area contributed by atoms with Crippen molar-refractivity contribution in [3.63, 3.8) is 0 Å². The van der Waals surface area contributed by atoms with Gasteiger partial charge >= 0.3 is 6.18 Å². The predicted octanol–water partition coefficient (Wildman–Crippen LogP) is 10.5. The molecule has 6 nitrogen and oxygen atoms in total. The first-order valence-corrected chi connectivity index (χ1v) is 17.2. The maximum atomic E-state index is 14.3. The van der Waals surface area contributed by atoms with Gasteiger partial charge in [-0.2, -0.15) is 13.2 Å². The smallest absolute Gasteiger partial charge is 0.418 e. The Hall–Kier alpha value is -5.70. The molecule has 0 spiro atoms. The average molecular weight is 707 g/mol. The number of ether oxygens (including phenoxy) is 4. The van der Waals surface area contributed by atoms with E-state index in [-0.39, 0.29) is 5.52 Å². The second-order valence-electron chi connectivity index (χ2n) is 12.2. The fraction of sp³-hybridized carbons (Fsp3) is 0.233. The van der Waals surface area contributed by atoms with Crippen molar-refractivity contribution >= 4 is 16.6 Å². The van der Waals surface area contributed by atoms with Crippen molar-refractivity contribution in [1.29, 1.82) is 0 Å². The van der Waals surface area contributed by atoms with Gasteiger partial charge in [-0.05, 0) is 72.9 Å². The fourth-order valence-corrected chi connectivity index (χ4v) is 6.60. The highest BCUT2D eigenvalue weighted by Gasteiger charge is 2.34. The van der Waals surface area contributed by atoms with Crippen molar-refractivity contribution in [3.8, 4) is 34.1 Å². The SMILES string of the molecule is CCOc1c(CN(Cc2cccc(OC)c2OCC)c2cccc(-c3c(Cc4ccccc4)cnc4c(C(F)(F)F)cccc34)c2)cccc1OC. The van der Waals surface area contributed by atoms with Crippen LogP contribution >= 0.6 is 0 Å². The molecule has 0 unspecified atom stereocenters. The first-order chi connectivity index (χ1) is 25.2. The number of nitrogens with zero attached hydrogens (tertiary/aromatic N) is 2. The van der Waals surface area contributed by atoms with Gasteiger partial charge in [0, 0.05) is 41.5 Å². The van der Waals surface area contributed by atoms with Crippen LogP contribution in [0.15, 0.2) is 115 Å². The number of alkyl halides is 3. The summed E-state index contributed by atoms with van der Waals surface area (Å²) in [7, 11) is 3.23. The Morgan fingerprint density at radius 3 is 1.83 bits per heavy atom. The molecule has 0 aliphatic heterocycles. The lowest BCUT2D eigenvalue weighted by Gasteiger charge is -2.28. The number of hydrogen-bond donors (Lipinski definition) is 0. The lowest BCUT2D eigenvalue weighted by molar-refractivity contribution is -0.136. The summed E-state index contributed by atoms with van der Waals surface area (Å²) >= 11 is 0. The number of fused-ring (bicyclic) bond motifs is 1. The Morgan fingerprint density at radius 2 is 1.25 bits per heavy atom. The monoisotopic (exact) mass is 706 g/mol. The van der Waals surface area contributed by atoms with E-state index in [2.05, 4.69) is 9.88 Å². The molecule has 0 bridgehead atoms. The first-order valence-electron chi connectivity index (χ1n) is 17.2. The van der Waals surface area contributed by atoms with Gasteiger partial charge in [0.1, 0.15) is 0 Å². The topological polar surface area (TPSA) is 53.1 Å². The van der Waals surface area contributed by atoms with E-state index < -0.39 is 11.7 Å². The maximum absolute atomic E-state index is 14.3. The van der Waals surface area contributed by atoms with Crippen LogP contribution in [0, 0.1) is 0 Å². The third-order valence-electron chi connectivity index (χ3n) is 8.88. The summed E-state index contributed by atoms with van der Waals surface area (Å²) < 4.78 is 66.4. The van der Waals surface area contributed by atoms with E-state index >= 15 is 0 Å². The molecular formula is C43H41F3N2O4. The minimum atomic E-state index is -4.56. The van der Waals surface area contributed by atoms with Crippen LogP contribution < -0.4 is 23.8 Å². The van der Waals surface area contributed by atoms with Crippen LogP contribution in [0.4, 0.5) is 18.9 Å². The largest absolute Gasteiger partial charge is 0.493 e. The number of rotatable bonds is 14. The fourth-order valence-electron chi connectivity index (χ4n) is 6.60.